The molecule has 1 aliphatic rings. The Morgan fingerprint density at radius 3 is 2.34 bits per heavy atom. The summed E-state index contributed by atoms with van der Waals surface area (Å²) in [7, 11) is 0. The van der Waals surface area contributed by atoms with E-state index in [1.54, 1.807) is 12.1 Å². The van der Waals surface area contributed by atoms with Gasteiger partial charge in [-0.2, -0.15) is 0 Å². The number of amides is 1. The molecule has 0 aliphatic heterocycles. The van der Waals surface area contributed by atoms with Crippen LogP contribution < -0.4 is 10.1 Å². The first-order chi connectivity index (χ1) is 14.0. The highest BCUT2D eigenvalue weighted by atomic mass is 35.5. The van der Waals surface area contributed by atoms with Crippen LogP contribution in [0.4, 0.5) is 5.69 Å². The Bertz CT molecular complexity index is 1070. The van der Waals surface area contributed by atoms with Crippen LogP contribution in [0.2, 0.25) is 5.02 Å². The first-order valence-electron chi connectivity index (χ1n) is 9.42. The van der Waals surface area contributed by atoms with Crippen LogP contribution in [0.1, 0.15) is 24.8 Å². The molecule has 2 N–H and O–H groups in total. The quantitative estimate of drug-likeness (QED) is 0.599. The lowest BCUT2D eigenvalue weighted by molar-refractivity contribution is -0.139. The summed E-state index contributed by atoms with van der Waals surface area (Å²) in [4.78, 5) is 23.8. The van der Waals surface area contributed by atoms with Crippen molar-refractivity contribution in [3.63, 3.8) is 0 Å². The molecule has 1 fully saturated rings. The van der Waals surface area contributed by atoms with Crippen molar-refractivity contribution in [1.29, 1.82) is 0 Å². The van der Waals surface area contributed by atoms with Crippen LogP contribution in [0.5, 0.6) is 5.75 Å². The van der Waals surface area contributed by atoms with E-state index >= 15 is 0 Å². The molecule has 0 spiro atoms. The molecule has 0 bridgehead atoms. The van der Waals surface area contributed by atoms with Crippen LogP contribution >= 0.6 is 11.6 Å². The van der Waals surface area contributed by atoms with E-state index in [1.807, 2.05) is 48.5 Å². The number of fused-ring (bicyclic) bond motifs is 1. The summed E-state index contributed by atoms with van der Waals surface area (Å²) < 4.78 is 5.22. The van der Waals surface area contributed by atoms with E-state index < -0.39 is 11.4 Å². The molecule has 0 atom stereocenters. The third-order valence-electron chi connectivity index (χ3n) is 5.47. The number of carbonyl (C=O) groups is 2. The molecule has 1 saturated carbocycles. The molecule has 0 saturated heterocycles. The van der Waals surface area contributed by atoms with Gasteiger partial charge in [0.1, 0.15) is 5.75 Å². The van der Waals surface area contributed by atoms with Crippen LogP contribution in [0.3, 0.4) is 0 Å². The van der Waals surface area contributed by atoms with Crippen molar-refractivity contribution in [2.24, 2.45) is 0 Å². The number of hydrogen-bond donors (Lipinski definition) is 2. The summed E-state index contributed by atoms with van der Waals surface area (Å²) in [6.07, 6.45) is 2.66. The number of halogens is 1. The zero-order valence-electron chi connectivity index (χ0n) is 15.7. The van der Waals surface area contributed by atoms with Crippen LogP contribution in [-0.2, 0) is 15.0 Å². The molecule has 148 valence electrons. The number of benzene rings is 3. The maximum atomic E-state index is 13.1. The van der Waals surface area contributed by atoms with Gasteiger partial charge in [-0.1, -0.05) is 42.3 Å². The van der Waals surface area contributed by atoms with E-state index in [2.05, 4.69) is 5.32 Å². The molecular weight excluding hydrogens is 390 g/mol. The minimum absolute atomic E-state index is 0.00756. The van der Waals surface area contributed by atoms with E-state index in [-0.39, 0.29) is 12.5 Å². The number of hydrogen-bond acceptors (Lipinski definition) is 3. The van der Waals surface area contributed by atoms with Gasteiger partial charge in [0.25, 0.3) is 0 Å². The van der Waals surface area contributed by atoms with Gasteiger partial charge >= 0.3 is 5.97 Å². The van der Waals surface area contributed by atoms with Gasteiger partial charge in [0.15, 0.2) is 6.61 Å². The number of aliphatic carboxylic acids is 1. The van der Waals surface area contributed by atoms with Crippen molar-refractivity contribution in [3.05, 3.63) is 71.2 Å². The molecule has 0 aromatic heterocycles. The van der Waals surface area contributed by atoms with Crippen LogP contribution in [0, 0.1) is 0 Å². The predicted molar refractivity (Wildman–Crippen MR) is 113 cm³/mol. The third kappa shape index (κ3) is 3.91. The smallest absolute Gasteiger partial charge is 0.341 e. The lowest BCUT2D eigenvalue weighted by Gasteiger charge is -2.40. The van der Waals surface area contributed by atoms with E-state index in [0.29, 0.717) is 10.8 Å². The Morgan fingerprint density at radius 1 is 1.00 bits per heavy atom. The topological polar surface area (TPSA) is 75.6 Å². The fourth-order valence-electron chi connectivity index (χ4n) is 3.73. The molecular formula is C23H20ClNO4. The summed E-state index contributed by atoms with van der Waals surface area (Å²) in [5, 5.41) is 14.3. The second-order valence-corrected chi connectivity index (χ2v) is 7.74. The molecule has 1 amide bonds. The van der Waals surface area contributed by atoms with Crippen molar-refractivity contribution in [1.82, 2.24) is 0 Å². The van der Waals surface area contributed by atoms with Gasteiger partial charge in [-0.3, -0.25) is 4.79 Å². The highest BCUT2D eigenvalue weighted by molar-refractivity contribution is 6.30. The molecule has 29 heavy (non-hydrogen) atoms. The third-order valence-corrected chi connectivity index (χ3v) is 5.72. The number of carbonyl (C=O) groups excluding carboxylic acids is 1. The van der Waals surface area contributed by atoms with Crippen LogP contribution in [0.25, 0.3) is 10.8 Å². The molecule has 5 nitrogen and oxygen atoms in total. The van der Waals surface area contributed by atoms with E-state index in [4.69, 9.17) is 21.4 Å². The lowest BCUT2D eigenvalue weighted by atomic mass is 9.64. The molecule has 4 rings (SSSR count). The van der Waals surface area contributed by atoms with Gasteiger partial charge in [0, 0.05) is 10.7 Å². The van der Waals surface area contributed by atoms with Crippen LogP contribution in [0.15, 0.2) is 60.7 Å². The normalized spacial score (nSPS) is 14.8. The molecule has 0 radical (unpaired) electrons. The number of nitrogens with one attached hydrogen (secondary N) is 1. The first-order valence-corrected chi connectivity index (χ1v) is 9.80. The average molecular weight is 410 g/mol. The summed E-state index contributed by atoms with van der Waals surface area (Å²) in [5.74, 6) is -0.534. The summed E-state index contributed by atoms with van der Waals surface area (Å²) >= 11 is 6.00. The Labute approximate surface area is 173 Å². The molecule has 0 heterocycles. The lowest BCUT2D eigenvalue weighted by Crippen LogP contribution is -2.45. The van der Waals surface area contributed by atoms with Crippen molar-refractivity contribution < 1.29 is 19.4 Å². The molecule has 1 aliphatic carbocycles. The highest BCUT2D eigenvalue weighted by Gasteiger charge is 2.45. The van der Waals surface area contributed by atoms with Crippen LogP contribution in [-0.4, -0.2) is 23.6 Å². The van der Waals surface area contributed by atoms with Gasteiger partial charge in [0.2, 0.25) is 5.91 Å². The molecule has 6 heteroatoms. The first kappa shape index (κ1) is 19.3. The predicted octanol–water partition coefficient (Wildman–Crippen LogP) is 5.02. The maximum absolute atomic E-state index is 13.1. The number of carboxylic acid groups (broad SMARTS) is 1. The fraction of sp³-hybridized carbons (Fsp3) is 0.217. The van der Waals surface area contributed by atoms with Crippen molar-refractivity contribution in [3.8, 4) is 5.75 Å². The van der Waals surface area contributed by atoms with E-state index in [9.17, 15) is 9.59 Å². The molecule has 0 unspecified atom stereocenters. The monoisotopic (exact) mass is 409 g/mol. The minimum Gasteiger partial charge on any atom is -0.482 e. The average Bonchev–Trinajstić information content (AvgIpc) is 2.67. The van der Waals surface area contributed by atoms with Gasteiger partial charge in [-0.15, -0.1) is 0 Å². The number of ether oxygens (including phenoxy) is 1. The second-order valence-electron chi connectivity index (χ2n) is 7.30. The number of anilines is 1. The second kappa shape index (κ2) is 7.76. The summed E-state index contributed by atoms with van der Waals surface area (Å²) in [5.41, 5.74) is 1.21. The van der Waals surface area contributed by atoms with Crippen molar-refractivity contribution in [2.45, 2.75) is 24.7 Å². The van der Waals surface area contributed by atoms with E-state index in [0.717, 1.165) is 41.3 Å². The van der Waals surface area contributed by atoms with Crippen molar-refractivity contribution in [2.75, 3.05) is 11.9 Å². The van der Waals surface area contributed by atoms with Gasteiger partial charge in [0.05, 0.1) is 5.41 Å². The highest BCUT2D eigenvalue weighted by Crippen LogP contribution is 2.45. The summed E-state index contributed by atoms with van der Waals surface area (Å²) in [6, 6.07) is 18.5. The number of carboxylic acids is 1. The molecule has 3 aromatic carbocycles. The Balaban J connectivity index is 1.53. The van der Waals surface area contributed by atoms with Gasteiger partial charge in [-0.25, -0.2) is 4.79 Å². The Hall–Kier alpha value is -3.05. The van der Waals surface area contributed by atoms with E-state index in [1.165, 1.54) is 0 Å². The fourth-order valence-corrected chi connectivity index (χ4v) is 3.86. The van der Waals surface area contributed by atoms with Gasteiger partial charge < -0.3 is 15.2 Å². The molecule has 3 aromatic rings. The Morgan fingerprint density at radius 2 is 1.69 bits per heavy atom. The number of rotatable bonds is 6. The van der Waals surface area contributed by atoms with Crippen molar-refractivity contribution >= 4 is 39.9 Å². The minimum atomic E-state index is -1.02. The standard InChI is InChI=1S/C23H20ClNO4/c24-18-6-4-17(5-7-18)23(10-1-11-23)22(28)25-19-8-2-16-13-20(29-14-21(26)27)9-3-15(16)12-19/h2-9,12-13H,1,10-11,14H2,(H,25,28)(H,26,27). The van der Waals surface area contributed by atoms with Gasteiger partial charge in [-0.05, 0) is 65.6 Å². The SMILES string of the molecule is O=C(O)COc1ccc2cc(NC(=O)C3(c4ccc(Cl)cc4)CCC3)ccc2c1. The largest absolute Gasteiger partial charge is 0.482 e. The summed E-state index contributed by atoms with van der Waals surface area (Å²) in [6.45, 7) is -0.383. The Kier molecular flexibility index (Phi) is 5.16. The maximum Gasteiger partial charge on any atom is 0.341 e. The zero-order valence-corrected chi connectivity index (χ0v) is 16.4. The zero-order chi connectivity index (χ0) is 20.4.